The summed E-state index contributed by atoms with van der Waals surface area (Å²) in [5.41, 5.74) is 0. The maximum absolute atomic E-state index is 5.62. The van der Waals surface area contributed by atoms with E-state index in [9.17, 15) is 0 Å². The third-order valence-electron chi connectivity index (χ3n) is 3.03. The maximum atomic E-state index is 5.62. The third kappa shape index (κ3) is 3.93. The summed E-state index contributed by atoms with van der Waals surface area (Å²) in [6.07, 6.45) is -0.827. The highest BCUT2D eigenvalue weighted by molar-refractivity contribution is 5.33. The van der Waals surface area contributed by atoms with Crippen LogP contribution in [0.25, 0.3) is 0 Å². The molecular weight excluding hydrogens is 288 g/mol. The molecule has 2 aliphatic heterocycles. The molecule has 2 saturated heterocycles. The predicted molar refractivity (Wildman–Crippen MR) is 77.4 cm³/mol. The van der Waals surface area contributed by atoms with Gasteiger partial charge in [0.05, 0.1) is 0 Å². The molecule has 6 heteroatoms. The molecule has 118 valence electrons. The van der Waals surface area contributed by atoms with E-state index in [0.717, 1.165) is 0 Å². The molecule has 2 aliphatic rings. The van der Waals surface area contributed by atoms with Crippen LogP contribution >= 0.6 is 0 Å². The SMILES string of the molecule is C=C1COC(COc2cccc(OCC3OCC(=C)O3)c2)O1. The summed E-state index contributed by atoms with van der Waals surface area (Å²) in [6, 6.07) is 7.30. The summed E-state index contributed by atoms with van der Waals surface area (Å²) in [5, 5.41) is 0. The number of hydrogen-bond donors (Lipinski definition) is 0. The average molecular weight is 306 g/mol. The van der Waals surface area contributed by atoms with Crippen LogP contribution in [0.1, 0.15) is 0 Å². The predicted octanol–water partition coefficient (Wildman–Crippen LogP) is 2.22. The Morgan fingerprint density at radius 3 is 1.82 bits per heavy atom. The molecule has 0 bridgehead atoms. The van der Waals surface area contributed by atoms with Gasteiger partial charge in [0, 0.05) is 6.07 Å². The van der Waals surface area contributed by atoms with Crippen LogP contribution in [0.5, 0.6) is 11.5 Å². The summed E-state index contributed by atoms with van der Waals surface area (Å²) in [4.78, 5) is 0. The van der Waals surface area contributed by atoms with Crippen molar-refractivity contribution < 1.29 is 28.4 Å². The lowest BCUT2D eigenvalue weighted by atomic mass is 10.3. The van der Waals surface area contributed by atoms with Gasteiger partial charge >= 0.3 is 0 Å². The molecule has 22 heavy (non-hydrogen) atoms. The van der Waals surface area contributed by atoms with E-state index in [2.05, 4.69) is 13.2 Å². The quantitative estimate of drug-likeness (QED) is 0.803. The van der Waals surface area contributed by atoms with Crippen molar-refractivity contribution in [2.24, 2.45) is 0 Å². The fraction of sp³-hybridized carbons (Fsp3) is 0.375. The molecule has 6 nitrogen and oxygen atoms in total. The summed E-state index contributed by atoms with van der Waals surface area (Å²) < 4.78 is 32.5. The van der Waals surface area contributed by atoms with Gasteiger partial charge in [-0.05, 0) is 12.1 Å². The van der Waals surface area contributed by atoms with E-state index in [0.29, 0.717) is 36.2 Å². The lowest BCUT2D eigenvalue weighted by Gasteiger charge is -2.14. The highest BCUT2D eigenvalue weighted by atomic mass is 16.7. The van der Waals surface area contributed by atoms with Crippen LogP contribution in [0, 0.1) is 0 Å². The molecule has 1 aromatic carbocycles. The van der Waals surface area contributed by atoms with Crippen LogP contribution in [-0.2, 0) is 18.9 Å². The Morgan fingerprint density at radius 1 is 0.909 bits per heavy atom. The van der Waals surface area contributed by atoms with Gasteiger partial charge in [-0.25, -0.2) is 0 Å². The second-order valence-corrected chi connectivity index (χ2v) is 4.89. The van der Waals surface area contributed by atoms with Crippen molar-refractivity contribution in [3.63, 3.8) is 0 Å². The Hall–Kier alpha value is -2.18. The van der Waals surface area contributed by atoms with Gasteiger partial charge < -0.3 is 28.4 Å². The van der Waals surface area contributed by atoms with Crippen molar-refractivity contribution in [3.8, 4) is 11.5 Å². The van der Waals surface area contributed by atoms with E-state index >= 15 is 0 Å². The van der Waals surface area contributed by atoms with Crippen LogP contribution in [0.2, 0.25) is 0 Å². The molecule has 0 radical (unpaired) electrons. The van der Waals surface area contributed by atoms with Gasteiger partial charge in [0.1, 0.15) is 36.2 Å². The van der Waals surface area contributed by atoms with E-state index in [4.69, 9.17) is 28.4 Å². The second-order valence-electron chi connectivity index (χ2n) is 4.89. The van der Waals surface area contributed by atoms with Gasteiger partial charge in [-0.3, -0.25) is 0 Å². The van der Waals surface area contributed by atoms with Gasteiger partial charge in [0.15, 0.2) is 13.2 Å². The number of ether oxygens (including phenoxy) is 6. The minimum atomic E-state index is -0.414. The first kappa shape index (κ1) is 14.7. The maximum Gasteiger partial charge on any atom is 0.234 e. The van der Waals surface area contributed by atoms with Crippen LogP contribution in [0.3, 0.4) is 0 Å². The number of rotatable bonds is 6. The lowest BCUT2D eigenvalue weighted by Crippen LogP contribution is -2.19. The molecule has 0 amide bonds. The highest BCUT2D eigenvalue weighted by Crippen LogP contribution is 2.22. The summed E-state index contributed by atoms with van der Waals surface area (Å²) in [5.74, 6) is 2.56. The third-order valence-corrected chi connectivity index (χ3v) is 3.03. The monoisotopic (exact) mass is 306 g/mol. The molecule has 2 heterocycles. The first-order valence-corrected chi connectivity index (χ1v) is 6.97. The molecule has 1 aromatic rings. The number of benzene rings is 1. The van der Waals surface area contributed by atoms with Crippen LogP contribution in [0.4, 0.5) is 0 Å². The molecule has 0 saturated carbocycles. The van der Waals surface area contributed by atoms with Gasteiger partial charge in [0.25, 0.3) is 0 Å². The Bertz CT molecular complexity index is 510. The van der Waals surface area contributed by atoms with Gasteiger partial charge in [-0.2, -0.15) is 0 Å². The van der Waals surface area contributed by atoms with Gasteiger partial charge in [0.2, 0.25) is 12.6 Å². The van der Waals surface area contributed by atoms with Crippen molar-refractivity contribution in [2.45, 2.75) is 12.6 Å². The molecule has 0 N–H and O–H groups in total. The van der Waals surface area contributed by atoms with Gasteiger partial charge in [-0.1, -0.05) is 19.2 Å². The standard InChI is InChI=1S/C16H18O6/c1-11-7-19-15(21-11)9-17-13-4-3-5-14(6-13)18-10-16-20-8-12(2)22-16/h3-6,15-16H,1-2,7-10H2. The summed E-state index contributed by atoms with van der Waals surface area (Å²) in [7, 11) is 0. The zero-order valence-electron chi connectivity index (χ0n) is 12.2. The fourth-order valence-electron chi connectivity index (χ4n) is 2.03. The second kappa shape index (κ2) is 6.72. The van der Waals surface area contributed by atoms with Gasteiger partial charge in [-0.15, -0.1) is 0 Å². The number of hydrogen-bond acceptors (Lipinski definition) is 6. The van der Waals surface area contributed by atoms with Crippen molar-refractivity contribution >= 4 is 0 Å². The van der Waals surface area contributed by atoms with Crippen molar-refractivity contribution in [1.29, 1.82) is 0 Å². The first-order chi connectivity index (χ1) is 10.7. The Labute approximate surface area is 128 Å². The van der Waals surface area contributed by atoms with Crippen molar-refractivity contribution in [1.82, 2.24) is 0 Å². The lowest BCUT2D eigenvalue weighted by molar-refractivity contribution is -0.0609. The van der Waals surface area contributed by atoms with E-state index in [-0.39, 0.29) is 13.2 Å². The minimum Gasteiger partial charge on any atom is -0.487 e. The summed E-state index contributed by atoms with van der Waals surface area (Å²) >= 11 is 0. The Morgan fingerprint density at radius 2 is 1.41 bits per heavy atom. The zero-order valence-corrected chi connectivity index (χ0v) is 12.2. The van der Waals surface area contributed by atoms with Crippen molar-refractivity contribution in [2.75, 3.05) is 26.4 Å². The van der Waals surface area contributed by atoms with Crippen LogP contribution in [-0.4, -0.2) is 39.0 Å². The molecule has 3 rings (SSSR count). The topological polar surface area (TPSA) is 55.4 Å². The molecule has 2 atom stereocenters. The first-order valence-electron chi connectivity index (χ1n) is 6.97. The summed E-state index contributed by atoms with van der Waals surface area (Å²) in [6.45, 7) is 8.77. The van der Waals surface area contributed by atoms with E-state index in [1.54, 1.807) is 6.07 Å². The highest BCUT2D eigenvalue weighted by Gasteiger charge is 2.21. The molecular formula is C16H18O6. The molecule has 2 fully saturated rings. The molecule has 0 aromatic heterocycles. The fourth-order valence-corrected chi connectivity index (χ4v) is 2.03. The van der Waals surface area contributed by atoms with Crippen LogP contribution < -0.4 is 9.47 Å². The largest absolute Gasteiger partial charge is 0.487 e. The Balaban J connectivity index is 1.47. The van der Waals surface area contributed by atoms with E-state index < -0.39 is 12.6 Å². The van der Waals surface area contributed by atoms with Crippen LogP contribution in [0.15, 0.2) is 48.9 Å². The smallest absolute Gasteiger partial charge is 0.234 e. The molecule has 0 aliphatic carbocycles. The Kier molecular flexibility index (Phi) is 4.50. The van der Waals surface area contributed by atoms with Crippen molar-refractivity contribution in [3.05, 3.63) is 48.9 Å². The zero-order chi connectivity index (χ0) is 15.4. The molecule has 2 unspecified atom stereocenters. The minimum absolute atomic E-state index is 0.289. The average Bonchev–Trinajstić information content (AvgIpc) is 3.12. The van der Waals surface area contributed by atoms with E-state index in [1.807, 2.05) is 18.2 Å². The van der Waals surface area contributed by atoms with E-state index in [1.165, 1.54) is 0 Å². The normalized spacial score (nSPS) is 24.0. The molecule has 0 spiro atoms.